The molecule has 1 saturated heterocycles. The van der Waals surface area contributed by atoms with Crippen molar-refractivity contribution in [2.45, 2.75) is 45.5 Å². The Labute approximate surface area is 139 Å². The van der Waals surface area contributed by atoms with Gasteiger partial charge in [0.1, 0.15) is 11.6 Å². The van der Waals surface area contributed by atoms with E-state index in [2.05, 4.69) is 9.97 Å². The lowest BCUT2D eigenvalue weighted by Crippen LogP contribution is -2.39. The number of aryl methyl sites for hydroxylation is 4. The highest BCUT2D eigenvalue weighted by atomic mass is 19.3. The number of hydrogen-bond acceptors (Lipinski definition) is 5. The second-order valence-electron chi connectivity index (χ2n) is 6.33. The van der Waals surface area contributed by atoms with Crippen molar-refractivity contribution in [3.8, 4) is 0 Å². The van der Waals surface area contributed by atoms with Gasteiger partial charge in [-0.05, 0) is 26.3 Å². The lowest BCUT2D eigenvalue weighted by atomic mass is 10.1. The second kappa shape index (κ2) is 6.37. The average molecular weight is 336 g/mol. The average Bonchev–Trinajstić information content (AvgIpc) is 2.83. The minimum absolute atomic E-state index is 0.126. The summed E-state index contributed by atoms with van der Waals surface area (Å²) >= 11 is 0. The van der Waals surface area contributed by atoms with Crippen molar-refractivity contribution in [3.63, 3.8) is 0 Å². The second-order valence-corrected chi connectivity index (χ2v) is 6.33. The van der Waals surface area contributed by atoms with E-state index in [-0.39, 0.29) is 12.8 Å². The van der Waals surface area contributed by atoms with Gasteiger partial charge in [0.25, 0.3) is 5.92 Å². The van der Waals surface area contributed by atoms with E-state index in [4.69, 9.17) is 10.2 Å². The normalized spacial score (nSPS) is 17.2. The predicted molar refractivity (Wildman–Crippen MR) is 88.4 cm³/mol. The summed E-state index contributed by atoms with van der Waals surface area (Å²) < 4.78 is 32.2. The highest BCUT2D eigenvalue weighted by Crippen LogP contribution is 2.31. The molecule has 1 aliphatic heterocycles. The van der Waals surface area contributed by atoms with Crippen LogP contribution >= 0.6 is 0 Å². The largest absolute Gasteiger partial charge is 0.446 e. The molecule has 3 rings (SSSR count). The van der Waals surface area contributed by atoms with Crippen LogP contribution in [-0.2, 0) is 12.8 Å². The zero-order valence-electron chi connectivity index (χ0n) is 14.0. The number of aromatic nitrogens is 2. The molecule has 0 amide bonds. The van der Waals surface area contributed by atoms with Crippen LogP contribution in [0.25, 0.3) is 0 Å². The van der Waals surface area contributed by atoms with E-state index < -0.39 is 5.92 Å². The van der Waals surface area contributed by atoms with Crippen molar-refractivity contribution in [2.24, 2.45) is 0 Å². The minimum Gasteiger partial charge on any atom is -0.446 e. The number of alkyl halides is 2. The summed E-state index contributed by atoms with van der Waals surface area (Å²) in [6.45, 7) is 4.45. The Kier molecular flexibility index (Phi) is 4.43. The summed E-state index contributed by atoms with van der Waals surface area (Å²) in [6, 6.07) is 3.66. The fourth-order valence-electron chi connectivity index (χ4n) is 2.88. The van der Waals surface area contributed by atoms with Gasteiger partial charge >= 0.3 is 0 Å². The van der Waals surface area contributed by atoms with Crippen LogP contribution in [0, 0.1) is 13.8 Å². The number of oxazole rings is 1. The van der Waals surface area contributed by atoms with Crippen LogP contribution in [0.1, 0.15) is 35.9 Å². The summed E-state index contributed by atoms with van der Waals surface area (Å²) in [5.74, 6) is -0.660. The van der Waals surface area contributed by atoms with Gasteiger partial charge in [0.05, 0.1) is 5.69 Å². The monoisotopic (exact) mass is 336 g/mol. The molecule has 24 heavy (non-hydrogen) atoms. The van der Waals surface area contributed by atoms with Gasteiger partial charge in [0.2, 0.25) is 0 Å². The van der Waals surface area contributed by atoms with E-state index in [1.807, 2.05) is 24.8 Å². The van der Waals surface area contributed by atoms with Crippen LogP contribution in [0.15, 0.2) is 16.5 Å². The highest BCUT2D eigenvalue weighted by Gasteiger charge is 2.34. The number of anilines is 2. The fraction of sp³-hybridized carbons (Fsp3) is 0.529. The SMILES string of the molecule is Cc1nc(CCc2cc(N3CCC(F)(F)CC3)cc(N)n2)oc1C. The quantitative estimate of drug-likeness (QED) is 0.928. The Bertz CT molecular complexity index is 700. The lowest BCUT2D eigenvalue weighted by Gasteiger charge is -2.33. The highest BCUT2D eigenvalue weighted by molar-refractivity contribution is 5.54. The molecule has 0 unspecified atom stereocenters. The molecule has 0 radical (unpaired) electrons. The van der Waals surface area contributed by atoms with Gasteiger partial charge < -0.3 is 15.1 Å². The molecule has 7 heteroatoms. The Morgan fingerprint density at radius 1 is 1.17 bits per heavy atom. The van der Waals surface area contributed by atoms with E-state index in [1.165, 1.54) is 0 Å². The lowest BCUT2D eigenvalue weighted by molar-refractivity contribution is -0.0220. The maximum Gasteiger partial charge on any atom is 0.251 e. The molecule has 2 aromatic heterocycles. The molecular formula is C17H22F2N4O. The topological polar surface area (TPSA) is 68.2 Å². The van der Waals surface area contributed by atoms with Crippen molar-refractivity contribution in [1.82, 2.24) is 9.97 Å². The molecule has 0 bridgehead atoms. The van der Waals surface area contributed by atoms with E-state index in [0.717, 1.165) is 22.8 Å². The first kappa shape index (κ1) is 16.7. The molecule has 1 fully saturated rings. The van der Waals surface area contributed by atoms with Gasteiger partial charge in [-0.3, -0.25) is 0 Å². The summed E-state index contributed by atoms with van der Waals surface area (Å²) in [7, 11) is 0. The van der Waals surface area contributed by atoms with Crippen molar-refractivity contribution >= 4 is 11.5 Å². The number of nitrogens with two attached hydrogens (primary N) is 1. The standard InChI is InChI=1S/C17H22F2N4O/c1-11-12(2)24-16(21-11)4-3-13-9-14(10-15(20)22-13)23-7-5-17(18,19)6-8-23/h9-10H,3-8H2,1-2H3,(H2,20,22). The Hall–Kier alpha value is -2.18. The first-order chi connectivity index (χ1) is 11.3. The summed E-state index contributed by atoms with van der Waals surface area (Å²) in [6.07, 6.45) is 1.02. The number of pyridine rings is 1. The van der Waals surface area contributed by atoms with Gasteiger partial charge in [0.15, 0.2) is 5.89 Å². The van der Waals surface area contributed by atoms with E-state index in [1.54, 1.807) is 6.07 Å². The molecule has 0 saturated carbocycles. The van der Waals surface area contributed by atoms with Gasteiger partial charge in [0, 0.05) is 49.8 Å². The van der Waals surface area contributed by atoms with Gasteiger partial charge in [-0.15, -0.1) is 0 Å². The molecule has 3 heterocycles. The van der Waals surface area contributed by atoms with Gasteiger partial charge in [-0.2, -0.15) is 0 Å². The van der Waals surface area contributed by atoms with Crippen LogP contribution in [-0.4, -0.2) is 29.0 Å². The number of rotatable bonds is 4. The number of nitrogens with zero attached hydrogens (tertiary/aromatic N) is 3. The number of piperidine rings is 1. The van der Waals surface area contributed by atoms with Gasteiger partial charge in [-0.1, -0.05) is 0 Å². The van der Waals surface area contributed by atoms with E-state index >= 15 is 0 Å². The first-order valence-electron chi connectivity index (χ1n) is 8.14. The van der Waals surface area contributed by atoms with Crippen molar-refractivity contribution in [1.29, 1.82) is 0 Å². The van der Waals surface area contributed by atoms with Crippen LogP contribution < -0.4 is 10.6 Å². The van der Waals surface area contributed by atoms with Crippen LogP contribution in [0.2, 0.25) is 0 Å². The van der Waals surface area contributed by atoms with Crippen LogP contribution in [0.3, 0.4) is 0 Å². The van der Waals surface area contributed by atoms with Crippen molar-refractivity contribution < 1.29 is 13.2 Å². The number of hydrogen-bond donors (Lipinski definition) is 1. The predicted octanol–water partition coefficient (Wildman–Crippen LogP) is 3.29. The van der Waals surface area contributed by atoms with E-state index in [9.17, 15) is 8.78 Å². The minimum atomic E-state index is -2.56. The molecule has 5 nitrogen and oxygen atoms in total. The maximum absolute atomic E-state index is 13.3. The molecule has 0 aromatic carbocycles. The molecule has 0 atom stereocenters. The molecule has 0 aliphatic carbocycles. The van der Waals surface area contributed by atoms with E-state index in [0.29, 0.717) is 37.6 Å². The summed E-state index contributed by atoms with van der Waals surface area (Å²) in [4.78, 5) is 10.6. The fourth-order valence-corrected chi connectivity index (χ4v) is 2.88. The Morgan fingerprint density at radius 3 is 2.50 bits per heavy atom. The molecule has 2 aromatic rings. The third-order valence-corrected chi connectivity index (χ3v) is 4.41. The van der Waals surface area contributed by atoms with Crippen LogP contribution in [0.4, 0.5) is 20.3 Å². The molecule has 2 N–H and O–H groups in total. The number of halogens is 2. The van der Waals surface area contributed by atoms with Crippen molar-refractivity contribution in [2.75, 3.05) is 23.7 Å². The zero-order chi connectivity index (χ0) is 17.3. The summed E-state index contributed by atoms with van der Waals surface area (Å²) in [5, 5.41) is 0. The molecule has 130 valence electrons. The Balaban J connectivity index is 1.69. The smallest absolute Gasteiger partial charge is 0.251 e. The van der Waals surface area contributed by atoms with Crippen molar-refractivity contribution in [3.05, 3.63) is 35.2 Å². The maximum atomic E-state index is 13.3. The third-order valence-electron chi connectivity index (χ3n) is 4.41. The Morgan fingerprint density at radius 2 is 1.88 bits per heavy atom. The molecule has 1 aliphatic rings. The summed E-state index contributed by atoms with van der Waals surface area (Å²) in [5.41, 5.74) is 8.45. The zero-order valence-corrected chi connectivity index (χ0v) is 14.0. The molecular weight excluding hydrogens is 314 g/mol. The number of nitrogen functional groups attached to an aromatic ring is 1. The van der Waals surface area contributed by atoms with Crippen LogP contribution in [0.5, 0.6) is 0 Å². The third kappa shape index (κ3) is 3.83. The molecule has 0 spiro atoms. The first-order valence-corrected chi connectivity index (χ1v) is 8.14. The van der Waals surface area contributed by atoms with Gasteiger partial charge in [-0.25, -0.2) is 18.7 Å².